The fraction of sp³-hybridized carbons (Fsp3) is 0.470. The monoisotopic (exact) mass is 1110 g/mol. The summed E-state index contributed by atoms with van der Waals surface area (Å²) < 4.78 is 57.9. The number of aliphatic hydroxyl groups excluding tert-OH is 2. The van der Waals surface area contributed by atoms with Gasteiger partial charge in [-0.25, -0.2) is 13.4 Å². The average Bonchev–Trinajstić information content (AvgIpc) is 3.65. The van der Waals surface area contributed by atoms with Crippen LogP contribution >= 0.6 is 0 Å². The average molecular weight is 1110 g/mol. The number of hydrogen-bond acceptors (Lipinski definition) is 10. The molecule has 15 atom stereocenters. The largest absolute Gasteiger partial charge is 1.00 e. The van der Waals surface area contributed by atoms with Crippen LogP contribution in [-0.2, 0) is 40.0 Å². The van der Waals surface area contributed by atoms with Crippen molar-refractivity contribution < 1.29 is 72.4 Å². The number of nitrogens with two attached hydrogens (primary N) is 2. The molecule has 5 aromatic rings. The Morgan fingerprint density at radius 1 is 0.850 bits per heavy atom. The topological polar surface area (TPSA) is 221 Å². The van der Waals surface area contributed by atoms with Crippen LogP contribution in [0.2, 0.25) is 0 Å². The number of aliphatic hydroxyl groups is 3. The SMILES string of the molecule is CC1CCc2cc3ccc2C1CC(S(=O)(=O)[O-])C1C=C2CC(CC4CC(CO)CC#Cc5cc(O)ccc5C2O4)C1c1ccc(cc1)C(N=C(N)N)(C1CCC2CCC(c4ccc(CO)cc4)CC2(O)C1Cc1ccccc1)O3.[Na+]. The second-order valence-electron chi connectivity index (χ2n) is 24.5. The smallest absolute Gasteiger partial charge is 0.748 e. The van der Waals surface area contributed by atoms with E-state index in [0.717, 1.165) is 76.6 Å². The van der Waals surface area contributed by atoms with Crippen molar-refractivity contribution in [2.75, 3.05) is 6.61 Å². The number of aryl methyl sites for hydroxylation is 1. The maximum absolute atomic E-state index is 14.4. The molecule has 14 rings (SSSR count). The first-order chi connectivity index (χ1) is 38.1. The van der Waals surface area contributed by atoms with Crippen LogP contribution in [0.1, 0.15) is 151 Å². The van der Waals surface area contributed by atoms with Gasteiger partial charge in [0.1, 0.15) is 17.6 Å². The number of aromatic hydroxyl groups is 1. The first kappa shape index (κ1) is 56.9. The van der Waals surface area contributed by atoms with E-state index in [1.54, 1.807) is 12.1 Å². The van der Waals surface area contributed by atoms with Gasteiger partial charge in [-0.2, -0.15) is 0 Å². The van der Waals surface area contributed by atoms with Crippen molar-refractivity contribution in [1.82, 2.24) is 0 Å². The molecule has 10 bridgehead atoms. The van der Waals surface area contributed by atoms with E-state index < -0.39 is 56.5 Å². The fourth-order valence-corrected chi connectivity index (χ4v) is 17.3. The second-order valence-corrected chi connectivity index (χ2v) is 26.1. The maximum Gasteiger partial charge on any atom is 1.00 e. The van der Waals surface area contributed by atoms with Crippen molar-refractivity contribution in [3.8, 4) is 23.3 Å². The molecule has 8 N–H and O–H groups in total. The van der Waals surface area contributed by atoms with Crippen LogP contribution in [0, 0.1) is 53.3 Å². The number of nitrogens with zero attached hydrogens (tertiary/aromatic N) is 1. The summed E-state index contributed by atoms with van der Waals surface area (Å²) in [7, 11) is -4.95. The number of hydrogen-bond donors (Lipinski definition) is 6. The van der Waals surface area contributed by atoms with Crippen LogP contribution < -0.4 is 45.8 Å². The van der Waals surface area contributed by atoms with Crippen molar-refractivity contribution in [2.45, 2.75) is 144 Å². The summed E-state index contributed by atoms with van der Waals surface area (Å²) in [4.78, 5) is 5.30. The van der Waals surface area contributed by atoms with Gasteiger partial charge in [0.15, 0.2) is 5.96 Å². The van der Waals surface area contributed by atoms with E-state index in [2.05, 4.69) is 73.4 Å². The summed E-state index contributed by atoms with van der Waals surface area (Å²) in [5, 5.41) is 43.9. The predicted molar refractivity (Wildman–Crippen MR) is 303 cm³/mol. The minimum Gasteiger partial charge on any atom is -0.748 e. The third-order valence-electron chi connectivity index (χ3n) is 20.0. The molecule has 0 amide bonds. The molecule has 0 aromatic heterocycles. The number of rotatable bonds is 8. The first-order valence-corrected chi connectivity index (χ1v) is 30.3. The van der Waals surface area contributed by atoms with Crippen LogP contribution in [0.4, 0.5) is 0 Å². The normalized spacial score (nSPS) is 33.4. The van der Waals surface area contributed by atoms with E-state index >= 15 is 0 Å². The molecule has 12 nitrogen and oxygen atoms in total. The van der Waals surface area contributed by atoms with E-state index in [1.807, 2.05) is 54.6 Å². The maximum atomic E-state index is 14.4. The first-order valence-electron chi connectivity index (χ1n) is 28.8. The van der Waals surface area contributed by atoms with Crippen LogP contribution in [0.25, 0.3) is 0 Å². The number of guanidine groups is 1. The van der Waals surface area contributed by atoms with Crippen molar-refractivity contribution in [3.05, 3.63) is 177 Å². The van der Waals surface area contributed by atoms with Gasteiger partial charge in [-0.3, -0.25) is 0 Å². The third kappa shape index (κ3) is 10.8. The molecule has 1 saturated heterocycles. The molecule has 5 aliphatic heterocycles. The van der Waals surface area contributed by atoms with E-state index in [-0.39, 0.29) is 103 Å². The molecule has 2 saturated carbocycles. The molecular formula is C66H74N3NaO9S. The van der Waals surface area contributed by atoms with Crippen LogP contribution in [-0.4, -0.2) is 62.9 Å². The molecule has 5 aromatic carbocycles. The molecule has 4 aliphatic carbocycles. The van der Waals surface area contributed by atoms with Crippen molar-refractivity contribution in [3.63, 3.8) is 0 Å². The van der Waals surface area contributed by atoms with E-state index in [1.165, 1.54) is 0 Å². The summed E-state index contributed by atoms with van der Waals surface area (Å²) in [6, 6.07) is 37.8. The molecule has 80 heavy (non-hydrogen) atoms. The Balaban J connectivity index is 0.00000675. The van der Waals surface area contributed by atoms with Gasteiger partial charge < -0.3 is 45.9 Å². The van der Waals surface area contributed by atoms with Gasteiger partial charge in [-0.05, 0) is 188 Å². The molecule has 0 spiro atoms. The van der Waals surface area contributed by atoms with Crippen molar-refractivity contribution in [2.24, 2.45) is 57.9 Å². The molecular weight excluding hydrogens is 1030 g/mol. The van der Waals surface area contributed by atoms with Crippen LogP contribution in [0.3, 0.4) is 0 Å². The number of ether oxygens (including phenoxy) is 2. The number of aliphatic imine (C=N–C) groups is 1. The van der Waals surface area contributed by atoms with E-state index in [9.17, 15) is 33.4 Å². The predicted octanol–water partition coefficient (Wildman–Crippen LogP) is 6.89. The fourth-order valence-electron chi connectivity index (χ4n) is 16.2. The molecule has 414 valence electrons. The molecule has 0 radical (unpaired) electrons. The molecule has 9 aliphatic rings. The Kier molecular flexibility index (Phi) is 16.3. The van der Waals surface area contributed by atoms with Gasteiger partial charge in [0.25, 0.3) is 0 Å². The third-order valence-corrected chi connectivity index (χ3v) is 21.3. The minimum atomic E-state index is -4.95. The molecule has 14 heteroatoms. The Labute approximate surface area is 493 Å². The quantitative estimate of drug-likeness (QED) is 0.0235. The van der Waals surface area contributed by atoms with Gasteiger partial charge in [0.05, 0.1) is 33.7 Å². The minimum absolute atomic E-state index is 0. The number of allylic oxidation sites excluding steroid dienone is 1. The van der Waals surface area contributed by atoms with E-state index in [4.69, 9.17) is 25.9 Å². The van der Waals surface area contributed by atoms with Crippen LogP contribution in [0.5, 0.6) is 11.5 Å². The van der Waals surface area contributed by atoms with Gasteiger partial charge in [0.2, 0.25) is 5.72 Å². The summed E-state index contributed by atoms with van der Waals surface area (Å²) in [6.07, 6.45) is 8.96. The van der Waals surface area contributed by atoms with Crippen molar-refractivity contribution >= 4 is 16.1 Å². The zero-order valence-electron chi connectivity index (χ0n) is 46.0. The van der Waals surface area contributed by atoms with Gasteiger partial charge in [-0.1, -0.05) is 116 Å². The van der Waals surface area contributed by atoms with Gasteiger partial charge >= 0.3 is 29.6 Å². The Morgan fingerprint density at radius 2 is 1.60 bits per heavy atom. The second kappa shape index (κ2) is 23.0. The molecule has 3 fully saturated rings. The summed E-state index contributed by atoms with van der Waals surface area (Å²) in [6.45, 7) is 2.03. The number of benzene rings is 5. The summed E-state index contributed by atoms with van der Waals surface area (Å²) in [5.41, 5.74) is 19.5. The van der Waals surface area contributed by atoms with Gasteiger partial charge in [-0.15, -0.1) is 0 Å². The number of phenols is 1. The summed E-state index contributed by atoms with van der Waals surface area (Å²) >= 11 is 0. The zero-order valence-corrected chi connectivity index (χ0v) is 48.8. The van der Waals surface area contributed by atoms with E-state index in [0.29, 0.717) is 61.8 Å². The van der Waals surface area contributed by atoms with Crippen LogP contribution in [0.15, 0.2) is 132 Å². The van der Waals surface area contributed by atoms with Gasteiger partial charge in [0, 0.05) is 41.6 Å². The Hall–Kier alpha value is -4.98. The zero-order chi connectivity index (χ0) is 54.8. The molecule has 5 heterocycles. The van der Waals surface area contributed by atoms with Crippen molar-refractivity contribution in [1.29, 1.82) is 0 Å². The number of phenolic OH excluding ortho intramolecular Hbond substituents is 1. The Bertz CT molecular complexity index is 3310. The molecule has 15 unspecified atom stereocenters. The summed E-state index contributed by atoms with van der Waals surface area (Å²) in [5.74, 6) is 4.45. The number of fused-ring (bicyclic) bond motifs is 10. The Morgan fingerprint density at radius 3 is 2.34 bits per heavy atom. The standard InChI is InChI=1S/C66H75N3O9S.Na/c1-39-10-13-46-32-53-24-26-55(46)57(39)35-61(79(74,75)76)58-34-49-30-48(33-54-28-42(38-71)8-5-9-45-31-52(72)23-25-56(45)63(49)77-54)62(58)44-16-20-51(21-17-44)66(78-53,69-64(67)68)59-27-22-50-19-18-47(43-14-11-41(37-70)12-15-43)36-65(50,73)60(59)29-40-6-3-2-4-7-40;/h2-4,6-7,11-12,14-17,20-21,23-26,31-32,34,39,42,47-48,50,54,57-63,70-73H,8,10,13,18-19,22,27-30,33,35-38H2,1H3,(H4,67,68,69)(H,74,75,76);/q;+1/p-1.